The zero-order valence-corrected chi connectivity index (χ0v) is 36.8. The normalized spacial score (nSPS) is 24.9. The van der Waals surface area contributed by atoms with Crippen LogP contribution in [0.5, 0.6) is 0 Å². The van der Waals surface area contributed by atoms with Gasteiger partial charge in [0.25, 0.3) is 0 Å². The van der Waals surface area contributed by atoms with E-state index in [-0.39, 0.29) is 48.3 Å². The third-order valence-electron chi connectivity index (χ3n) is 12.0. The number of amides is 2. The first-order valence-corrected chi connectivity index (χ1v) is 22.9. The smallest absolute Gasteiger partial charge is 0.427 e. The van der Waals surface area contributed by atoms with Gasteiger partial charge in [-0.1, -0.05) is 97.1 Å². The van der Waals surface area contributed by atoms with E-state index in [2.05, 4.69) is 10.6 Å². The molecule has 2 aliphatic rings. The Morgan fingerprint density at radius 3 is 1.40 bits per heavy atom. The number of hydrogen-bond acceptors (Lipinski definition) is 9. The molecule has 0 bridgehead atoms. The molecular formula is C51H72N2O9. The molecule has 11 nitrogen and oxygen atoms in total. The Morgan fingerprint density at radius 1 is 0.613 bits per heavy atom. The number of aliphatic hydroxyl groups is 4. The zero-order valence-electron chi connectivity index (χ0n) is 36.8. The lowest BCUT2D eigenvalue weighted by Crippen LogP contribution is -2.25. The van der Waals surface area contributed by atoms with Crippen LogP contribution in [-0.2, 0) is 31.9 Å². The summed E-state index contributed by atoms with van der Waals surface area (Å²) in [7, 11) is 0. The Morgan fingerprint density at radius 2 is 1.02 bits per heavy atom. The Kier molecular flexibility index (Phi) is 22.8. The van der Waals surface area contributed by atoms with Crippen LogP contribution in [0.3, 0.4) is 0 Å². The second-order valence-electron chi connectivity index (χ2n) is 16.7. The molecule has 2 aromatic carbocycles. The standard InChI is InChI=1S/C51H72N2O9/c1-3-52-49(58)25-17-7-5-15-23-41-43(47(56)35-45(41)54)33-31-39(29-27-37-19-11-9-12-20-37)61-51(60)62-40(30-28-38-21-13-10-14-22-38)32-34-44-42(46(55)36-48(44)57)24-16-6-8-18-26-50(59)53-4-2/h5-6,9-16,19-22,31-34,39-48,54-57H,3-4,7-8,17-18,23-30,35-36H2,1-2H3,(H,52,58)(H,53,59)/b15-5-,16-6-,33-31+,34-32+/t39-,40-,41+,42+,43+,44+,45-,46-,47+,48+/m0/s1. The van der Waals surface area contributed by atoms with E-state index in [9.17, 15) is 34.8 Å². The van der Waals surface area contributed by atoms with Crippen molar-refractivity contribution in [2.45, 2.75) is 140 Å². The molecule has 0 spiro atoms. The molecule has 0 saturated heterocycles. The van der Waals surface area contributed by atoms with Crippen molar-refractivity contribution in [3.8, 4) is 0 Å². The number of aryl methyl sites for hydroxylation is 2. The average Bonchev–Trinajstić information content (AvgIpc) is 3.69. The van der Waals surface area contributed by atoms with Crippen molar-refractivity contribution in [3.63, 3.8) is 0 Å². The number of carbonyl (C=O) groups is 3. The van der Waals surface area contributed by atoms with E-state index in [1.807, 2.05) is 123 Å². The fraction of sp³-hybridized carbons (Fsp3) is 0.549. The Bertz CT molecular complexity index is 1590. The molecule has 4 rings (SSSR count). The number of allylic oxidation sites excluding steroid dienone is 4. The van der Waals surface area contributed by atoms with Gasteiger partial charge in [0.1, 0.15) is 12.2 Å². The summed E-state index contributed by atoms with van der Waals surface area (Å²) in [4.78, 5) is 37.3. The summed E-state index contributed by atoms with van der Waals surface area (Å²) in [5.74, 6) is -1.08. The average molecular weight is 857 g/mol. The zero-order chi connectivity index (χ0) is 44.5. The molecule has 340 valence electrons. The number of aliphatic hydroxyl groups excluding tert-OH is 4. The number of hydrogen-bond donors (Lipinski definition) is 6. The van der Waals surface area contributed by atoms with Gasteiger partial charge < -0.3 is 40.5 Å². The highest BCUT2D eigenvalue weighted by molar-refractivity contribution is 5.76. The molecule has 10 atom stereocenters. The van der Waals surface area contributed by atoms with Crippen molar-refractivity contribution >= 4 is 18.0 Å². The van der Waals surface area contributed by atoms with Crippen LogP contribution in [0.15, 0.2) is 109 Å². The van der Waals surface area contributed by atoms with Crippen LogP contribution >= 0.6 is 0 Å². The first-order chi connectivity index (χ1) is 30.1. The number of rotatable bonds is 26. The second-order valence-corrected chi connectivity index (χ2v) is 16.7. The maximum atomic E-state index is 13.7. The van der Waals surface area contributed by atoms with Crippen molar-refractivity contribution in [2.24, 2.45) is 23.7 Å². The first kappa shape index (κ1) is 50.1. The number of unbranched alkanes of at least 4 members (excludes halogenated alkanes) is 2. The SMILES string of the molecule is CCNC(=O)CCC/C=C\C[C@@H]1[C@@H](/C=C/[C@H](CCc2ccccc2)OC(=O)O[C@H](/C=C/[C@@H]2[C@@H](C/C=C\CCCC(=O)NCC)[C@@H](O)C[C@H]2O)CCc2ccccc2)[C@H](O)C[C@@H]1O. The third kappa shape index (κ3) is 18.0. The van der Waals surface area contributed by atoms with E-state index >= 15 is 0 Å². The van der Waals surface area contributed by atoms with Gasteiger partial charge >= 0.3 is 6.16 Å². The maximum absolute atomic E-state index is 13.7. The summed E-state index contributed by atoms with van der Waals surface area (Å²) in [6, 6.07) is 19.8. The van der Waals surface area contributed by atoms with Gasteiger partial charge in [-0.2, -0.15) is 0 Å². The van der Waals surface area contributed by atoms with Gasteiger partial charge in [0.2, 0.25) is 11.8 Å². The molecular weight excluding hydrogens is 785 g/mol. The Labute approximate surface area is 369 Å². The van der Waals surface area contributed by atoms with Crippen molar-refractivity contribution in [1.82, 2.24) is 10.6 Å². The summed E-state index contributed by atoms with van der Waals surface area (Å²) in [6.07, 6.45) is 18.0. The van der Waals surface area contributed by atoms with Crippen molar-refractivity contribution in [2.75, 3.05) is 13.1 Å². The molecule has 6 N–H and O–H groups in total. The predicted molar refractivity (Wildman–Crippen MR) is 243 cm³/mol. The topological polar surface area (TPSA) is 175 Å². The lowest BCUT2D eigenvalue weighted by atomic mass is 9.89. The molecule has 62 heavy (non-hydrogen) atoms. The van der Waals surface area contributed by atoms with E-state index < -0.39 is 42.8 Å². The van der Waals surface area contributed by atoms with E-state index in [0.717, 1.165) is 36.8 Å². The highest BCUT2D eigenvalue weighted by Gasteiger charge is 2.40. The molecule has 2 aromatic rings. The highest BCUT2D eigenvalue weighted by Crippen LogP contribution is 2.38. The second kappa shape index (κ2) is 28.2. The van der Waals surface area contributed by atoms with E-state index in [1.54, 1.807) is 0 Å². The molecule has 11 heteroatoms. The molecule has 0 radical (unpaired) electrons. The van der Waals surface area contributed by atoms with Gasteiger partial charge in [-0.05, 0) is 113 Å². The number of carbonyl (C=O) groups excluding carboxylic acids is 3. The molecule has 0 aliphatic heterocycles. The fourth-order valence-electron chi connectivity index (χ4n) is 8.56. The third-order valence-corrected chi connectivity index (χ3v) is 12.0. The number of benzene rings is 2. The van der Waals surface area contributed by atoms with Crippen LogP contribution in [0.25, 0.3) is 0 Å². The van der Waals surface area contributed by atoms with Gasteiger partial charge in [0, 0.05) is 50.6 Å². The van der Waals surface area contributed by atoms with Gasteiger partial charge in [-0.3, -0.25) is 9.59 Å². The van der Waals surface area contributed by atoms with Crippen LogP contribution < -0.4 is 10.6 Å². The molecule has 0 aromatic heterocycles. The largest absolute Gasteiger partial charge is 0.509 e. The molecule has 2 aliphatic carbocycles. The lowest BCUT2D eigenvalue weighted by molar-refractivity contribution is -0.121. The molecule has 0 heterocycles. The molecule has 2 fully saturated rings. The predicted octanol–water partition coefficient (Wildman–Crippen LogP) is 7.48. The lowest BCUT2D eigenvalue weighted by Gasteiger charge is -2.22. The summed E-state index contributed by atoms with van der Waals surface area (Å²) in [6.45, 7) is 5.01. The van der Waals surface area contributed by atoms with Crippen LogP contribution in [0.1, 0.15) is 102 Å². The highest BCUT2D eigenvalue weighted by atomic mass is 16.7. The maximum Gasteiger partial charge on any atom is 0.509 e. The minimum Gasteiger partial charge on any atom is -0.427 e. The van der Waals surface area contributed by atoms with Gasteiger partial charge in [0.15, 0.2) is 0 Å². The molecule has 2 saturated carbocycles. The van der Waals surface area contributed by atoms with Crippen LogP contribution in [0.4, 0.5) is 4.79 Å². The quantitative estimate of drug-likeness (QED) is 0.0319. The monoisotopic (exact) mass is 857 g/mol. The van der Waals surface area contributed by atoms with Crippen LogP contribution in [-0.4, -0.2) is 88.1 Å². The van der Waals surface area contributed by atoms with Crippen LogP contribution in [0, 0.1) is 23.7 Å². The summed E-state index contributed by atoms with van der Waals surface area (Å²) in [5.41, 5.74) is 2.17. The van der Waals surface area contributed by atoms with Crippen molar-refractivity contribution in [1.29, 1.82) is 0 Å². The van der Waals surface area contributed by atoms with E-state index in [4.69, 9.17) is 9.47 Å². The number of nitrogens with one attached hydrogen (secondary N) is 2. The summed E-state index contributed by atoms with van der Waals surface area (Å²) in [5, 5.41) is 49.4. The Balaban J connectivity index is 1.44. The minimum atomic E-state index is -0.839. The Hall–Kier alpha value is -4.55. The van der Waals surface area contributed by atoms with Gasteiger partial charge in [-0.15, -0.1) is 0 Å². The van der Waals surface area contributed by atoms with Crippen LogP contribution in [0.2, 0.25) is 0 Å². The van der Waals surface area contributed by atoms with E-state index in [1.165, 1.54) is 0 Å². The molecule has 2 amide bonds. The first-order valence-electron chi connectivity index (χ1n) is 22.9. The van der Waals surface area contributed by atoms with E-state index in [0.29, 0.717) is 64.5 Å². The van der Waals surface area contributed by atoms with Gasteiger partial charge in [-0.25, -0.2) is 4.79 Å². The summed E-state index contributed by atoms with van der Waals surface area (Å²) >= 11 is 0. The minimum absolute atomic E-state index is 0.0359. The number of ether oxygens (including phenoxy) is 2. The summed E-state index contributed by atoms with van der Waals surface area (Å²) < 4.78 is 12.0. The van der Waals surface area contributed by atoms with Gasteiger partial charge in [0.05, 0.1) is 24.4 Å². The van der Waals surface area contributed by atoms with Crippen molar-refractivity contribution in [3.05, 3.63) is 120 Å². The van der Waals surface area contributed by atoms with Crippen molar-refractivity contribution < 1.29 is 44.3 Å². The fourth-order valence-corrected chi connectivity index (χ4v) is 8.56. The molecule has 0 unspecified atom stereocenters.